The molecule has 0 radical (unpaired) electrons. The smallest absolute Gasteiger partial charge is 0.271 e. The zero-order valence-corrected chi connectivity index (χ0v) is 19.4. The molecule has 9 heteroatoms. The molecule has 1 fully saturated rings. The minimum atomic E-state index is -0.0638. The molecule has 2 aromatic heterocycles. The number of hydrogen-bond acceptors (Lipinski definition) is 6. The van der Waals surface area contributed by atoms with Gasteiger partial charge in [-0.3, -0.25) is 19.1 Å². The van der Waals surface area contributed by atoms with Gasteiger partial charge in [0.2, 0.25) is 5.91 Å². The second-order valence-corrected chi connectivity index (χ2v) is 10.6. The number of halogens is 1. The summed E-state index contributed by atoms with van der Waals surface area (Å²) in [6.45, 7) is 2.49. The molecule has 5 rings (SSSR count). The molecule has 162 valence electrons. The molecule has 1 N–H and O–H groups in total. The van der Waals surface area contributed by atoms with Gasteiger partial charge in [-0.1, -0.05) is 42.6 Å². The fourth-order valence-electron chi connectivity index (χ4n) is 4.38. The van der Waals surface area contributed by atoms with Crippen molar-refractivity contribution in [1.82, 2.24) is 14.5 Å². The standard InChI is InChI=1S/C22H23ClN4O2S2/c23-15-8-4-3-7-14(15)16(26-9-5-1-2-6-10-26)11-27-13-24-18-19-22(30-12-17(28)25-19)31-20(18)21(27)29/h3-4,7-8,13,16H,1-2,5-6,9-12H2,(H,25,28). The van der Waals surface area contributed by atoms with Crippen LogP contribution in [0.25, 0.3) is 10.2 Å². The lowest BCUT2D eigenvalue weighted by molar-refractivity contribution is -0.113. The molecule has 6 nitrogen and oxygen atoms in total. The first-order chi connectivity index (χ1) is 15.1. The molecule has 0 bridgehead atoms. The molecule has 31 heavy (non-hydrogen) atoms. The Balaban J connectivity index is 1.54. The molecule has 0 aliphatic carbocycles. The molecule has 2 aliphatic rings. The largest absolute Gasteiger partial charge is 0.322 e. The highest BCUT2D eigenvalue weighted by molar-refractivity contribution is 8.02. The topological polar surface area (TPSA) is 67.2 Å². The summed E-state index contributed by atoms with van der Waals surface area (Å²) >= 11 is 9.48. The number of hydrogen-bond donors (Lipinski definition) is 1. The lowest BCUT2D eigenvalue weighted by Crippen LogP contribution is -2.35. The van der Waals surface area contributed by atoms with Crippen molar-refractivity contribution in [2.75, 3.05) is 24.2 Å². The first kappa shape index (κ1) is 21.0. The number of benzene rings is 1. The van der Waals surface area contributed by atoms with E-state index < -0.39 is 0 Å². The van der Waals surface area contributed by atoms with Crippen molar-refractivity contribution >= 4 is 56.5 Å². The number of anilines is 1. The van der Waals surface area contributed by atoms with Crippen LogP contribution in [0.2, 0.25) is 5.02 Å². The first-order valence-corrected chi connectivity index (χ1v) is 12.7. The van der Waals surface area contributed by atoms with E-state index in [4.69, 9.17) is 11.6 Å². The van der Waals surface area contributed by atoms with Crippen molar-refractivity contribution in [1.29, 1.82) is 0 Å². The Morgan fingerprint density at radius 1 is 1.13 bits per heavy atom. The van der Waals surface area contributed by atoms with E-state index in [1.165, 1.54) is 35.9 Å². The number of carbonyl (C=O) groups excluding carboxylic acids is 1. The summed E-state index contributed by atoms with van der Waals surface area (Å²) in [4.78, 5) is 32.2. The number of carbonyl (C=O) groups is 1. The van der Waals surface area contributed by atoms with E-state index in [9.17, 15) is 9.59 Å². The maximum Gasteiger partial charge on any atom is 0.271 e. The molecule has 2 aliphatic heterocycles. The van der Waals surface area contributed by atoms with Gasteiger partial charge in [-0.05, 0) is 37.6 Å². The van der Waals surface area contributed by atoms with E-state index in [1.54, 1.807) is 10.9 Å². The Hall–Kier alpha value is -1.87. The third-order valence-electron chi connectivity index (χ3n) is 5.95. The number of thiophene rings is 1. The normalized spacial score (nSPS) is 18.4. The van der Waals surface area contributed by atoms with Gasteiger partial charge in [-0.15, -0.1) is 23.1 Å². The van der Waals surface area contributed by atoms with E-state index in [0.29, 0.717) is 28.2 Å². The zero-order chi connectivity index (χ0) is 21.4. The third-order valence-corrected chi connectivity index (χ3v) is 8.73. The molecule has 1 atom stereocenters. The summed E-state index contributed by atoms with van der Waals surface area (Å²) in [5, 5.41) is 3.60. The molecule has 1 unspecified atom stereocenters. The predicted molar refractivity (Wildman–Crippen MR) is 127 cm³/mol. The van der Waals surface area contributed by atoms with Crippen LogP contribution >= 0.6 is 34.7 Å². The summed E-state index contributed by atoms with van der Waals surface area (Å²) in [7, 11) is 0. The number of likely N-dealkylation sites (tertiary alicyclic amines) is 1. The molecule has 4 heterocycles. The van der Waals surface area contributed by atoms with Gasteiger partial charge < -0.3 is 5.32 Å². The highest BCUT2D eigenvalue weighted by Gasteiger charge is 2.27. The fourth-order valence-corrected chi connectivity index (χ4v) is 6.82. The average Bonchev–Trinajstić information content (AvgIpc) is 2.94. The van der Waals surface area contributed by atoms with Gasteiger partial charge in [0.05, 0.1) is 28.0 Å². The van der Waals surface area contributed by atoms with Crippen LogP contribution in [-0.2, 0) is 11.3 Å². The van der Waals surface area contributed by atoms with Gasteiger partial charge in [-0.2, -0.15) is 0 Å². The molecule has 1 amide bonds. The van der Waals surface area contributed by atoms with E-state index in [2.05, 4.69) is 21.3 Å². The van der Waals surface area contributed by atoms with Crippen molar-refractivity contribution in [3.8, 4) is 0 Å². The number of amides is 1. The Morgan fingerprint density at radius 2 is 1.90 bits per heavy atom. The summed E-state index contributed by atoms with van der Waals surface area (Å²) in [6, 6.07) is 7.92. The molecule has 0 saturated carbocycles. The lowest BCUT2D eigenvalue weighted by atomic mass is 10.0. The number of fused-ring (bicyclic) bond motifs is 3. The maximum atomic E-state index is 13.4. The molecule has 3 aromatic rings. The van der Waals surface area contributed by atoms with Crippen LogP contribution < -0.4 is 10.9 Å². The van der Waals surface area contributed by atoms with Crippen LogP contribution in [-0.4, -0.2) is 39.2 Å². The van der Waals surface area contributed by atoms with Crippen molar-refractivity contribution in [2.24, 2.45) is 0 Å². The second kappa shape index (κ2) is 8.94. The predicted octanol–water partition coefficient (Wildman–Crippen LogP) is 4.77. The van der Waals surface area contributed by atoms with Gasteiger partial charge in [-0.25, -0.2) is 4.98 Å². The SMILES string of the molecule is O=C1CSc2sc3c(=O)n(CC(c4ccccc4Cl)N4CCCCCC4)cnc3c2N1. The monoisotopic (exact) mass is 474 g/mol. The summed E-state index contributed by atoms with van der Waals surface area (Å²) in [6.07, 6.45) is 6.40. The maximum absolute atomic E-state index is 13.4. The highest BCUT2D eigenvalue weighted by Crippen LogP contribution is 2.42. The van der Waals surface area contributed by atoms with Crippen molar-refractivity contribution in [2.45, 2.75) is 42.5 Å². The Bertz CT molecular complexity index is 1180. The molecular formula is C22H23ClN4O2S2. The van der Waals surface area contributed by atoms with Crippen molar-refractivity contribution in [3.05, 3.63) is 51.5 Å². The van der Waals surface area contributed by atoms with Crippen LogP contribution in [0.3, 0.4) is 0 Å². The van der Waals surface area contributed by atoms with Crippen molar-refractivity contribution < 1.29 is 4.79 Å². The zero-order valence-electron chi connectivity index (χ0n) is 17.0. The van der Waals surface area contributed by atoms with Crippen LogP contribution in [0, 0.1) is 0 Å². The van der Waals surface area contributed by atoms with Crippen LogP contribution in [0.15, 0.2) is 39.6 Å². The highest BCUT2D eigenvalue weighted by atomic mass is 35.5. The van der Waals surface area contributed by atoms with Gasteiger partial charge in [0, 0.05) is 11.6 Å². The van der Waals surface area contributed by atoms with Gasteiger partial charge >= 0.3 is 0 Å². The third kappa shape index (κ3) is 4.14. The molecule has 1 aromatic carbocycles. The van der Waals surface area contributed by atoms with Gasteiger partial charge in [0.15, 0.2) is 0 Å². The Morgan fingerprint density at radius 3 is 2.68 bits per heavy atom. The van der Waals surface area contributed by atoms with E-state index >= 15 is 0 Å². The van der Waals surface area contributed by atoms with Crippen LogP contribution in [0.4, 0.5) is 5.69 Å². The van der Waals surface area contributed by atoms with Crippen molar-refractivity contribution in [3.63, 3.8) is 0 Å². The van der Waals surface area contributed by atoms with Gasteiger partial charge in [0.1, 0.15) is 10.2 Å². The average molecular weight is 475 g/mol. The first-order valence-electron chi connectivity index (χ1n) is 10.5. The summed E-state index contributed by atoms with van der Waals surface area (Å²) in [5.41, 5.74) is 2.25. The molecule has 0 spiro atoms. The number of rotatable bonds is 4. The second-order valence-electron chi connectivity index (χ2n) is 7.97. The molecule has 1 saturated heterocycles. The van der Waals surface area contributed by atoms with Crippen LogP contribution in [0.1, 0.15) is 37.3 Å². The minimum absolute atomic E-state index is 0.00687. The van der Waals surface area contributed by atoms with E-state index in [0.717, 1.165) is 40.7 Å². The van der Waals surface area contributed by atoms with Crippen LogP contribution in [0.5, 0.6) is 0 Å². The Labute approximate surface area is 193 Å². The lowest BCUT2D eigenvalue weighted by Gasteiger charge is -2.32. The number of thioether (sulfide) groups is 1. The Kier molecular flexibility index (Phi) is 6.05. The number of nitrogens with one attached hydrogen (secondary N) is 1. The minimum Gasteiger partial charge on any atom is -0.322 e. The number of aromatic nitrogens is 2. The quantitative estimate of drug-likeness (QED) is 0.589. The van der Waals surface area contributed by atoms with E-state index in [-0.39, 0.29) is 17.5 Å². The van der Waals surface area contributed by atoms with E-state index in [1.807, 2.05) is 18.2 Å². The van der Waals surface area contributed by atoms with Gasteiger partial charge in [0.25, 0.3) is 5.56 Å². The fraction of sp³-hybridized carbons (Fsp3) is 0.409. The molecular weight excluding hydrogens is 452 g/mol. The summed E-state index contributed by atoms with van der Waals surface area (Å²) < 4.78 is 3.25. The number of nitrogens with zero attached hydrogens (tertiary/aromatic N) is 3. The summed E-state index contributed by atoms with van der Waals surface area (Å²) in [5.74, 6) is 0.320.